The first-order valence-corrected chi connectivity index (χ1v) is 9.75. The van der Waals surface area contributed by atoms with Gasteiger partial charge in [-0.1, -0.05) is 18.1 Å². The molecule has 0 bridgehead atoms. The maximum absolute atomic E-state index is 12.7. The van der Waals surface area contributed by atoms with Crippen LogP contribution in [0.1, 0.15) is 65.2 Å². The van der Waals surface area contributed by atoms with Gasteiger partial charge in [0.1, 0.15) is 0 Å². The molecule has 1 N–H and O–H groups in total. The van der Waals surface area contributed by atoms with Gasteiger partial charge in [-0.2, -0.15) is 0 Å². The van der Waals surface area contributed by atoms with Gasteiger partial charge in [-0.25, -0.2) is 0 Å². The number of rotatable bonds is 6. The Balaban J connectivity index is 1.89. The molecule has 0 saturated carbocycles. The summed E-state index contributed by atoms with van der Waals surface area (Å²) in [5.74, 6) is 0.309. The van der Waals surface area contributed by atoms with Crippen molar-refractivity contribution in [2.45, 2.75) is 65.2 Å². The summed E-state index contributed by atoms with van der Waals surface area (Å²) in [6.45, 7) is 6.96. The molecule has 0 aromatic carbocycles. The molecule has 142 valence electrons. The lowest BCUT2D eigenvalue weighted by molar-refractivity contribution is -0.137. The van der Waals surface area contributed by atoms with Crippen LogP contribution in [0.5, 0.6) is 0 Å². The van der Waals surface area contributed by atoms with Gasteiger partial charge in [-0.3, -0.25) is 9.59 Å². The number of likely N-dealkylation sites (tertiary alicyclic amines) is 2. The molecule has 0 spiro atoms. The van der Waals surface area contributed by atoms with Crippen LogP contribution < -0.4 is 0 Å². The molecule has 0 aliphatic carbocycles. The molecule has 2 fully saturated rings. The van der Waals surface area contributed by atoms with Gasteiger partial charge in [0.25, 0.3) is 0 Å². The van der Waals surface area contributed by atoms with E-state index < -0.39 is 0 Å². The fourth-order valence-corrected chi connectivity index (χ4v) is 3.87. The lowest BCUT2D eigenvalue weighted by atomic mass is 9.77. The first-order chi connectivity index (χ1) is 12.0. The van der Waals surface area contributed by atoms with Crippen molar-refractivity contribution in [3.63, 3.8) is 0 Å². The van der Waals surface area contributed by atoms with Crippen molar-refractivity contribution >= 4 is 11.8 Å². The van der Waals surface area contributed by atoms with E-state index in [0.717, 1.165) is 51.6 Å². The molecule has 0 aromatic heterocycles. The SMILES string of the molecule is CC(C)=CCC1(CO)CCCN(C(=O)CCN2CCCCCC2=O)C1. The van der Waals surface area contributed by atoms with Crippen LogP contribution in [-0.2, 0) is 9.59 Å². The molecule has 2 aliphatic rings. The van der Waals surface area contributed by atoms with Crippen molar-refractivity contribution < 1.29 is 14.7 Å². The molecule has 1 atom stereocenters. The summed E-state index contributed by atoms with van der Waals surface area (Å²) >= 11 is 0. The molecular weight excluding hydrogens is 316 g/mol. The summed E-state index contributed by atoms with van der Waals surface area (Å²) in [5, 5.41) is 9.93. The summed E-state index contributed by atoms with van der Waals surface area (Å²) in [7, 11) is 0. The predicted molar refractivity (Wildman–Crippen MR) is 99.0 cm³/mol. The molecule has 0 aromatic rings. The quantitative estimate of drug-likeness (QED) is 0.749. The van der Waals surface area contributed by atoms with Gasteiger partial charge in [0, 0.05) is 44.4 Å². The molecule has 5 nitrogen and oxygen atoms in total. The molecule has 5 heteroatoms. The third-order valence-corrected chi connectivity index (χ3v) is 5.56. The molecule has 25 heavy (non-hydrogen) atoms. The Hall–Kier alpha value is -1.36. The second-order valence-corrected chi connectivity index (χ2v) is 8.00. The normalized spacial score (nSPS) is 24.8. The molecule has 1 unspecified atom stereocenters. The number of carbonyl (C=O) groups excluding carboxylic acids is 2. The average Bonchev–Trinajstić information content (AvgIpc) is 2.82. The number of piperidine rings is 1. The van der Waals surface area contributed by atoms with E-state index in [2.05, 4.69) is 19.9 Å². The van der Waals surface area contributed by atoms with Gasteiger partial charge in [0.2, 0.25) is 11.8 Å². The summed E-state index contributed by atoms with van der Waals surface area (Å²) in [6.07, 6.45) is 9.02. The number of amides is 2. The van der Waals surface area contributed by atoms with Crippen molar-refractivity contribution in [3.05, 3.63) is 11.6 Å². The monoisotopic (exact) mass is 350 g/mol. The fraction of sp³-hybridized carbons (Fsp3) is 0.800. The zero-order valence-electron chi connectivity index (χ0n) is 15.9. The maximum atomic E-state index is 12.7. The van der Waals surface area contributed by atoms with E-state index in [1.165, 1.54) is 5.57 Å². The summed E-state index contributed by atoms with van der Waals surface area (Å²) in [6, 6.07) is 0. The van der Waals surface area contributed by atoms with Gasteiger partial charge < -0.3 is 14.9 Å². The molecule has 2 rings (SSSR count). The Morgan fingerprint density at radius 3 is 2.72 bits per heavy atom. The van der Waals surface area contributed by atoms with Gasteiger partial charge in [0.15, 0.2) is 0 Å². The number of aliphatic hydroxyl groups is 1. The van der Waals surface area contributed by atoms with Crippen LogP contribution >= 0.6 is 0 Å². The first kappa shape index (κ1) is 20.0. The van der Waals surface area contributed by atoms with Crippen LogP contribution in [0.3, 0.4) is 0 Å². The number of hydrogen-bond donors (Lipinski definition) is 1. The van der Waals surface area contributed by atoms with Gasteiger partial charge in [0.05, 0.1) is 6.61 Å². The van der Waals surface area contributed by atoms with Crippen LogP contribution in [0.2, 0.25) is 0 Å². The van der Waals surface area contributed by atoms with E-state index in [1.807, 2.05) is 9.80 Å². The van der Waals surface area contributed by atoms with E-state index in [1.54, 1.807) is 0 Å². The van der Waals surface area contributed by atoms with Crippen molar-refractivity contribution in [2.24, 2.45) is 5.41 Å². The van der Waals surface area contributed by atoms with Crippen LogP contribution in [-0.4, -0.2) is 59.5 Å². The zero-order chi connectivity index (χ0) is 18.3. The van der Waals surface area contributed by atoms with E-state index >= 15 is 0 Å². The van der Waals surface area contributed by atoms with Crippen molar-refractivity contribution in [1.29, 1.82) is 0 Å². The zero-order valence-corrected chi connectivity index (χ0v) is 15.9. The van der Waals surface area contributed by atoms with Crippen molar-refractivity contribution in [1.82, 2.24) is 9.80 Å². The average molecular weight is 351 g/mol. The molecular formula is C20H34N2O3. The Bertz CT molecular complexity index is 499. The molecule has 2 aliphatic heterocycles. The van der Waals surface area contributed by atoms with Crippen LogP contribution in [0.15, 0.2) is 11.6 Å². The highest BCUT2D eigenvalue weighted by molar-refractivity contribution is 5.79. The third kappa shape index (κ3) is 5.84. The third-order valence-electron chi connectivity index (χ3n) is 5.56. The van der Waals surface area contributed by atoms with Crippen molar-refractivity contribution in [2.75, 3.05) is 32.8 Å². The number of allylic oxidation sites excluding steroid dienone is 2. The first-order valence-electron chi connectivity index (χ1n) is 9.75. The Labute approximate surface area is 152 Å². The maximum Gasteiger partial charge on any atom is 0.224 e. The van der Waals surface area contributed by atoms with Crippen LogP contribution in [0.4, 0.5) is 0 Å². The summed E-state index contributed by atoms with van der Waals surface area (Å²) < 4.78 is 0. The van der Waals surface area contributed by atoms with Gasteiger partial charge >= 0.3 is 0 Å². The van der Waals surface area contributed by atoms with E-state index in [0.29, 0.717) is 25.9 Å². The minimum Gasteiger partial charge on any atom is -0.396 e. The fourth-order valence-electron chi connectivity index (χ4n) is 3.87. The molecule has 0 radical (unpaired) electrons. The molecule has 2 saturated heterocycles. The smallest absolute Gasteiger partial charge is 0.224 e. The Kier molecular flexibility index (Phi) is 7.48. The van der Waals surface area contributed by atoms with Crippen molar-refractivity contribution in [3.8, 4) is 0 Å². The summed E-state index contributed by atoms with van der Waals surface area (Å²) in [5.41, 5.74) is 1.04. The number of hydrogen-bond acceptors (Lipinski definition) is 3. The van der Waals surface area contributed by atoms with E-state index in [9.17, 15) is 14.7 Å². The number of aliphatic hydroxyl groups excluding tert-OH is 1. The van der Waals surface area contributed by atoms with Gasteiger partial charge in [-0.15, -0.1) is 0 Å². The van der Waals surface area contributed by atoms with E-state index in [4.69, 9.17) is 0 Å². The van der Waals surface area contributed by atoms with Crippen LogP contribution in [0, 0.1) is 5.41 Å². The minimum absolute atomic E-state index is 0.116. The number of carbonyl (C=O) groups is 2. The second-order valence-electron chi connectivity index (χ2n) is 8.00. The molecule has 2 heterocycles. The largest absolute Gasteiger partial charge is 0.396 e. The highest BCUT2D eigenvalue weighted by atomic mass is 16.3. The van der Waals surface area contributed by atoms with Gasteiger partial charge in [-0.05, 0) is 46.0 Å². The molecule has 2 amide bonds. The minimum atomic E-state index is -0.205. The Morgan fingerprint density at radius 1 is 1.20 bits per heavy atom. The highest BCUT2D eigenvalue weighted by Gasteiger charge is 2.35. The number of nitrogens with zero attached hydrogens (tertiary/aromatic N) is 2. The predicted octanol–water partition coefficient (Wildman–Crippen LogP) is 2.74. The van der Waals surface area contributed by atoms with E-state index in [-0.39, 0.29) is 23.8 Å². The lowest BCUT2D eigenvalue weighted by Gasteiger charge is -2.41. The standard InChI is InChI=1S/C20H34N2O3/c1-17(2)8-11-20(16-23)10-6-13-22(15-20)19(25)9-14-21-12-5-3-4-7-18(21)24/h8,23H,3-7,9-16H2,1-2H3. The highest BCUT2D eigenvalue weighted by Crippen LogP contribution is 2.34. The topological polar surface area (TPSA) is 60.9 Å². The lowest BCUT2D eigenvalue weighted by Crippen LogP contribution is -2.48. The Morgan fingerprint density at radius 2 is 2.00 bits per heavy atom. The second kappa shape index (κ2) is 9.37. The summed E-state index contributed by atoms with van der Waals surface area (Å²) in [4.78, 5) is 28.5. The van der Waals surface area contributed by atoms with Crippen LogP contribution in [0.25, 0.3) is 0 Å².